The van der Waals surface area contributed by atoms with Gasteiger partial charge in [0.2, 0.25) is 5.95 Å². The Kier molecular flexibility index (Phi) is 3.13. The third-order valence-electron chi connectivity index (χ3n) is 1.61. The van der Waals surface area contributed by atoms with Gasteiger partial charge < -0.3 is 4.98 Å². The van der Waals surface area contributed by atoms with E-state index in [0.717, 1.165) is 0 Å². The Morgan fingerprint density at radius 2 is 2.12 bits per heavy atom. The maximum absolute atomic E-state index is 11.0. The fourth-order valence-corrected chi connectivity index (χ4v) is 1.70. The minimum Gasteiger partial charge on any atom is -0.301 e. The number of hydrazine groups is 1. The molecule has 0 aliphatic rings. The van der Waals surface area contributed by atoms with Gasteiger partial charge in [0, 0.05) is 18.5 Å². The molecular weight excluding hydrogens is 228 g/mol. The van der Waals surface area contributed by atoms with Crippen LogP contribution in [0, 0.1) is 0 Å². The van der Waals surface area contributed by atoms with Crippen LogP contribution in [0.25, 0.3) is 0 Å². The van der Waals surface area contributed by atoms with Gasteiger partial charge in [0.25, 0.3) is 5.56 Å². The molecule has 0 fully saturated rings. The summed E-state index contributed by atoms with van der Waals surface area (Å²) in [7, 11) is 0. The second kappa shape index (κ2) is 4.73. The Bertz CT molecular complexity index is 542. The van der Waals surface area contributed by atoms with Crippen molar-refractivity contribution in [3.8, 4) is 0 Å². The molecule has 4 N–H and O–H groups in total. The van der Waals surface area contributed by atoms with Gasteiger partial charge in [-0.3, -0.25) is 10.2 Å². The highest BCUT2D eigenvalue weighted by molar-refractivity contribution is 7.99. The van der Waals surface area contributed by atoms with Gasteiger partial charge in [-0.15, -0.1) is 0 Å². The molecule has 0 amide bonds. The van der Waals surface area contributed by atoms with E-state index in [-0.39, 0.29) is 5.56 Å². The number of nitrogen functional groups attached to an aromatic ring is 1. The molecule has 0 aliphatic carbocycles. The smallest absolute Gasteiger partial charge is 0.251 e. The number of anilines is 1. The predicted octanol–water partition coefficient (Wildman–Crippen LogP) is -0.00330. The van der Waals surface area contributed by atoms with Gasteiger partial charge in [-0.1, -0.05) is 0 Å². The predicted molar refractivity (Wildman–Crippen MR) is 58.8 cm³/mol. The third kappa shape index (κ3) is 2.55. The quantitative estimate of drug-likeness (QED) is 0.298. The van der Waals surface area contributed by atoms with Crippen LogP contribution in [0.1, 0.15) is 0 Å². The summed E-state index contributed by atoms with van der Waals surface area (Å²) in [5.74, 6) is 5.49. The molecule has 0 aromatic carbocycles. The number of hydrogen-bond acceptors (Lipinski definition) is 7. The van der Waals surface area contributed by atoms with Crippen molar-refractivity contribution in [2.45, 2.75) is 10.2 Å². The Labute approximate surface area is 94.5 Å². The number of H-pyrrole nitrogens is 1. The van der Waals surface area contributed by atoms with Crippen LogP contribution in [0.3, 0.4) is 0 Å². The number of nitrogens with zero attached hydrogens (tertiary/aromatic N) is 3. The lowest BCUT2D eigenvalue weighted by Gasteiger charge is -2.01. The lowest BCUT2D eigenvalue weighted by molar-refractivity contribution is 0.928. The van der Waals surface area contributed by atoms with E-state index in [9.17, 15) is 4.79 Å². The van der Waals surface area contributed by atoms with Crippen molar-refractivity contribution in [1.82, 2.24) is 19.9 Å². The zero-order valence-electron chi connectivity index (χ0n) is 8.04. The van der Waals surface area contributed by atoms with E-state index in [1.165, 1.54) is 24.0 Å². The third-order valence-corrected chi connectivity index (χ3v) is 2.45. The molecule has 16 heavy (non-hydrogen) atoms. The Balaban J connectivity index is 2.23. The molecule has 0 unspecified atom stereocenters. The van der Waals surface area contributed by atoms with Crippen molar-refractivity contribution in [3.05, 3.63) is 34.9 Å². The summed E-state index contributed by atoms with van der Waals surface area (Å²) in [4.78, 5) is 25.5. The normalized spacial score (nSPS) is 10.1. The summed E-state index contributed by atoms with van der Waals surface area (Å²) in [5, 5.41) is 1.10. The molecule has 8 heteroatoms. The topological polar surface area (TPSA) is 110 Å². The first kappa shape index (κ1) is 10.6. The first-order valence-electron chi connectivity index (χ1n) is 4.31. The second-order valence-corrected chi connectivity index (χ2v) is 3.71. The molecule has 0 radical (unpaired) electrons. The monoisotopic (exact) mass is 236 g/mol. The fourth-order valence-electron chi connectivity index (χ4n) is 0.971. The summed E-state index contributed by atoms with van der Waals surface area (Å²) in [6.07, 6.45) is 3.00. The Morgan fingerprint density at radius 3 is 2.88 bits per heavy atom. The summed E-state index contributed by atoms with van der Waals surface area (Å²) >= 11 is 1.22. The molecule has 2 aromatic rings. The summed E-state index contributed by atoms with van der Waals surface area (Å²) in [5.41, 5.74) is 2.13. The summed E-state index contributed by atoms with van der Waals surface area (Å²) in [6, 6.07) is 3.04. The van der Waals surface area contributed by atoms with Gasteiger partial charge in [0.15, 0.2) is 5.16 Å². The molecule has 0 bridgehead atoms. The van der Waals surface area contributed by atoms with Crippen molar-refractivity contribution < 1.29 is 0 Å². The van der Waals surface area contributed by atoms with E-state index in [1.54, 1.807) is 12.3 Å². The van der Waals surface area contributed by atoms with Crippen LogP contribution in [0.5, 0.6) is 0 Å². The second-order valence-electron chi connectivity index (χ2n) is 2.70. The first-order valence-corrected chi connectivity index (χ1v) is 5.12. The molecule has 2 heterocycles. The minimum atomic E-state index is -0.205. The van der Waals surface area contributed by atoms with Crippen LogP contribution in [0.2, 0.25) is 0 Å². The first-order chi connectivity index (χ1) is 7.78. The van der Waals surface area contributed by atoms with Crippen LogP contribution < -0.4 is 16.8 Å². The highest BCUT2D eigenvalue weighted by atomic mass is 32.2. The van der Waals surface area contributed by atoms with Gasteiger partial charge >= 0.3 is 0 Å². The Hall–Kier alpha value is -1.93. The molecule has 7 nitrogen and oxygen atoms in total. The van der Waals surface area contributed by atoms with E-state index in [1.807, 2.05) is 0 Å². The van der Waals surface area contributed by atoms with Crippen molar-refractivity contribution in [3.63, 3.8) is 0 Å². The van der Waals surface area contributed by atoms with Gasteiger partial charge in [-0.2, -0.15) is 0 Å². The lowest BCUT2D eigenvalue weighted by Crippen LogP contribution is -2.10. The van der Waals surface area contributed by atoms with Crippen LogP contribution in [0.4, 0.5) is 5.95 Å². The molecule has 2 aromatic heterocycles. The number of aromatic nitrogens is 4. The van der Waals surface area contributed by atoms with Crippen LogP contribution in [-0.4, -0.2) is 19.9 Å². The van der Waals surface area contributed by atoms with E-state index in [4.69, 9.17) is 5.84 Å². The molecule has 2 rings (SSSR count). The van der Waals surface area contributed by atoms with Crippen LogP contribution in [-0.2, 0) is 0 Å². The number of aromatic amines is 1. The van der Waals surface area contributed by atoms with Crippen molar-refractivity contribution in [1.29, 1.82) is 0 Å². The number of nitrogens with one attached hydrogen (secondary N) is 2. The largest absolute Gasteiger partial charge is 0.301 e. The maximum atomic E-state index is 11.0. The van der Waals surface area contributed by atoms with Gasteiger partial charge in [-0.25, -0.2) is 20.8 Å². The fraction of sp³-hybridized carbons (Fsp3) is 0. The molecule has 0 saturated carbocycles. The van der Waals surface area contributed by atoms with Crippen molar-refractivity contribution >= 4 is 17.7 Å². The average Bonchev–Trinajstić information content (AvgIpc) is 2.29. The van der Waals surface area contributed by atoms with Crippen LogP contribution >= 0.6 is 11.8 Å². The number of rotatable bonds is 3. The maximum Gasteiger partial charge on any atom is 0.251 e. The van der Waals surface area contributed by atoms with Crippen LogP contribution in [0.15, 0.2) is 39.5 Å². The van der Waals surface area contributed by atoms with E-state index in [0.29, 0.717) is 16.1 Å². The number of hydrogen-bond donors (Lipinski definition) is 3. The van der Waals surface area contributed by atoms with E-state index in [2.05, 4.69) is 25.4 Å². The standard InChI is InChI=1S/C8H8N6OS/c9-14-7-10-4-2-6(13-7)16-8-11-3-1-5(15)12-8/h1-4H,9H2,(H,10,13,14)(H,11,12,15). The van der Waals surface area contributed by atoms with E-state index >= 15 is 0 Å². The minimum absolute atomic E-state index is 0.205. The molecule has 0 aliphatic heterocycles. The van der Waals surface area contributed by atoms with Crippen molar-refractivity contribution in [2.24, 2.45) is 5.84 Å². The summed E-state index contributed by atoms with van der Waals surface area (Å²) < 4.78 is 0. The highest BCUT2D eigenvalue weighted by Gasteiger charge is 2.02. The molecule has 0 spiro atoms. The summed E-state index contributed by atoms with van der Waals surface area (Å²) in [6.45, 7) is 0. The molecule has 0 saturated heterocycles. The lowest BCUT2D eigenvalue weighted by atomic mass is 10.7. The van der Waals surface area contributed by atoms with Crippen molar-refractivity contribution in [2.75, 3.05) is 5.43 Å². The molecule has 82 valence electrons. The Morgan fingerprint density at radius 1 is 1.31 bits per heavy atom. The zero-order chi connectivity index (χ0) is 11.4. The van der Waals surface area contributed by atoms with Gasteiger partial charge in [-0.05, 0) is 17.8 Å². The van der Waals surface area contributed by atoms with Gasteiger partial charge in [0.1, 0.15) is 5.03 Å². The molecule has 0 atom stereocenters. The number of nitrogens with two attached hydrogens (primary N) is 1. The zero-order valence-corrected chi connectivity index (χ0v) is 8.86. The highest BCUT2D eigenvalue weighted by Crippen LogP contribution is 2.21. The SMILES string of the molecule is NNc1nccc(Sc2nccc(=O)[nH]2)n1. The van der Waals surface area contributed by atoms with E-state index < -0.39 is 0 Å². The van der Waals surface area contributed by atoms with Gasteiger partial charge in [0.05, 0.1) is 0 Å². The average molecular weight is 236 g/mol. The molecular formula is C8H8N6OS.